The van der Waals surface area contributed by atoms with E-state index >= 15 is 0 Å². The molecule has 0 spiro atoms. The van der Waals surface area contributed by atoms with E-state index in [2.05, 4.69) is 62.1 Å². The molecule has 0 fully saturated rings. The Morgan fingerprint density at radius 3 is 2.70 bits per heavy atom. The number of benzene rings is 1. The van der Waals surface area contributed by atoms with Crippen LogP contribution in [-0.4, -0.2) is 15.6 Å². The highest BCUT2D eigenvalue weighted by Gasteiger charge is 2.12. The number of nitrogens with two attached hydrogens (primary N) is 1. The SMILES string of the molecule is CCCn1ccnc1CC(Cc1ccc(Br)cc1)NN. The summed E-state index contributed by atoms with van der Waals surface area (Å²) >= 11 is 3.45. The highest BCUT2D eigenvalue weighted by Crippen LogP contribution is 2.13. The molecule has 0 aliphatic carbocycles. The lowest BCUT2D eigenvalue weighted by Crippen LogP contribution is -2.39. The smallest absolute Gasteiger partial charge is 0.110 e. The first-order valence-electron chi connectivity index (χ1n) is 6.93. The van der Waals surface area contributed by atoms with Crippen molar-refractivity contribution in [2.45, 2.75) is 38.8 Å². The van der Waals surface area contributed by atoms with E-state index in [4.69, 9.17) is 5.84 Å². The van der Waals surface area contributed by atoms with E-state index in [-0.39, 0.29) is 6.04 Å². The van der Waals surface area contributed by atoms with E-state index in [9.17, 15) is 0 Å². The van der Waals surface area contributed by atoms with E-state index in [1.165, 1.54) is 5.56 Å². The zero-order chi connectivity index (χ0) is 14.4. The largest absolute Gasteiger partial charge is 0.335 e. The Kier molecular flexibility index (Phi) is 5.76. The van der Waals surface area contributed by atoms with Crippen molar-refractivity contribution in [2.24, 2.45) is 5.84 Å². The topological polar surface area (TPSA) is 55.9 Å². The number of hydrazine groups is 1. The molecule has 0 bridgehead atoms. The van der Waals surface area contributed by atoms with Crippen molar-refractivity contribution < 1.29 is 0 Å². The maximum Gasteiger partial charge on any atom is 0.110 e. The molecule has 4 nitrogen and oxygen atoms in total. The number of aryl methyl sites for hydroxylation is 1. The third-order valence-electron chi connectivity index (χ3n) is 3.33. The van der Waals surface area contributed by atoms with Crippen LogP contribution in [-0.2, 0) is 19.4 Å². The molecular formula is C15H21BrN4. The number of nitrogens with one attached hydrogen (secondary N) is 1. The number of hydrogen-bond donors (Lipinski definition) is 2. The second-order valence-electron chi connectivity index (χ2n) is 4.94. The van der Waals surface area contributed by atoms with Crippen LogP contribution in [0.5, 0.6) is 0 Å². The van der Waals surface area contributed by atoms with Gasteiger partial charge in [-0.3, -0.25) is 11.3 Å². The van der Waals surface area contributed by atoms with Gasteiger partial charge in [-0.2, -0.15) is 0 Å². The Morgan fingerprint density at radius 1 is 1.30 bits per heavy atom. The summed E-state index contributed by atoms with van der Waals surface area (Å²) in [6.07, 6.45) is 6.73. The number of aromatic nitrogens is 2. The normalized spacial score (nSPS) is 12.6. The summed E-state index contributed by atoms with van der Waals surface area (Å²) in [6, 6.07) is 8.54. The molecule has 5 heteroatoms. The Morgan fingerprint density at radius 2 is 2.05 bits per heavy atom. The monoisotopic (exact) mass is 336 g/mol. The first kappa shape index (κ1) is 15.2. The van der Waals surface area contributed by atoms with Crippen LogP contribution >= 0.6 is 15.9 Å². The zero-order valence-corrected chi connectivity index (χ0v) is 13.3. The minimum Gasteiger partial charge on any atom is -0.335 e. The molecule has 1 heterocycles. The Hall–Kier alpha value is -1.17. The van der Waals surface area contributed by atoms with Gasteiger partial charge >= 0.3 is 0 Å². The van der Waals surface area contributed by atoms with Crippen molar-refractivity contribution in [2.75, 3.05) is 0 Å². The number of rotatable bonds is 7. The number of halogens is 1. The molecule has 0 amide bonds. The van der Waals surface area contributed by atoms with Crippen LogP contribution in [0.2, 0.25) is 0 Å². The summed E-state index contributed by atoms with van der Waals surface area (Å²) in [5.74, 6) is 6.78. The summed E-state index contributed by atoms with van der Waals surface area (Å²) in [4.78, 5) is 4.44. The zero-order valence-electron chi connectivity index (χ0n) is 11.7. The van der Waals surface area contributed by atoms with Gasteiger partial charge < -0.3 is 4.57 Å². The third kappa shape index (κ3) is 4.16. The maximum atomic E-state index is 5.69. The molecule has 0 aliphatic rings. The lowest BCUT2D eigenvalue weighted by molar-refractivity contribution is 0.495. The van der Waals surface area contributed by atoms with E-state index in [0.29, 0.717) is 0 Å². The van der Waals surface area contributed by atoms with Crippen LogP contribution in [0.3, 0.4) is 0 Å². The van der Waals surface area contributed by atoms with Gasteiger partial charge in [-0.05, 0) is 30.5 Å². The first-order chi connectivity index (χ1) is 9.72. The molecule has 2 rings (SSSR count). The average Bonchev–Trinajstić information content (AvgIpc) is 2.88. The standard InChI is InChI=1S/C15H21BrN4/c1-2-8-20-9-7-18-15(20)11-14(19-17)10-12-3-5-13(16)6-4-12/h3-7,9,14,19H,2,8,10-11,17H2,1H3. The van der Waals surface area contributed by atoms with E-state index < -0.39 is 0 Å². The van der Waals surface area contributed by atoms with Gasteiger partial charge in [-0.25, -0.2) is 4.98 Å². The van der Waals surface area contributed by atoms with Crippen LogP contribution in [0.4, 0.5) is 0 Å². The van der Waals surface area contributed by atoms with Crippen LogP contribution in [0.25, 0.3) is 0 Å². The molecule has 20 heavy (non-hydrogen) atoms. The fraction of sp³-hybridized carbons (Fsp3) is 0.400. The van der Waals surface area contributed by atoms with Gasteiger partial charge in [0.1, 0.15) is 5.82 Å². The Labute approximate surface area is 128 Å². The van der Waals surface area contributed by atoms with Crippen molar-refractivity contribution in [1.29, 1.82) is 0 Å². The molecule has 0 aliphatic heterocycles. The first-order valence-corrected chi connectivity index (χ1v) is 7.72. The summed E-state index contributed by atoms with van der Waals surface area (Å²) in [5.41, 5.74) is 4.18. The maximum absolute atomic E-state index is 5.69. The Bertz CT molecular complexity index is 521. The van der Waals surface area contributed by atoms with Crippen molar-refractivity contribution in [3.8, 4) is 0 Å². The molecule has 2 aromatic rings. The summed E-state index contributed by atoms with van der Waals surface area (Å²) in [6.45, 7) is 3.18. The van der Waals surface area contributed by atoms with E-state index in [1.807, 2.05) is 12.4 Å². The van der Waals surface area contributed by atoms with Gasteiger partial charge in [0, 0.05) is 35.9 Å². The molecule has 1 aromatic heterocycles. The minimum atomic E-state index is 0.189. The van der Waals surface area contributed by atoms with Crippen molar-refractivity contribution in [1.82, 2.24) is 15.0 Å². The molecule has 0 saturated heterocycles. The fourth-order valence-corrected chi connectivity index (χ4v) is 2.55. The lowest BCUT2D eigenvalue weighted by Gasteiger charge is -2.16. The van der Waals surface area contributed by atoms with Crippen LogP contribution in [0, 0.1) is 0 Å². The minimum absolute atomic E-state index is 0.189. The fourth-order valence-electron chi connectivity index (χ4n) is 2.29. The summed E-state index contributed by atoms with van der Waals surface area (Å²) in [7, 11) is 0. The molecule has 1 aromatic carbocycles. The van der Waals surface area contributed by atoms with Gasteiger partial charge in [0.25, 0.3) is 0 Å². The summed E-state index contributed by atoms with van der Waals surface area (Å²) < 4.78 is 3.29. The molecule has 3 N–H and O–H groups in total. The van der Waals surface area contributed by atoms with Crippen LogP contribution < -0.4 is 11.3 Å². The highest BCUT2D eigenvalue weighted by molar-refractivity contribution is 9.10. The van der Waals surface area contributed by atoms with Gasteiger partial charge in [0.15, 0.2) is 0 Å². The molecular weight excluding hydrogens is 316 g/mol. The molecule has 0 saturated carbocycles. The quantitative estimate of drug-likeness (QED) is 0.603. The number of hydrogen-bond acceptors (Lipinski definition) is 3. The predicted octanol–water partition coefficient (Wildman–Crippen LogP) is 2.67. The molecule has 1 unspecified atom stereocenters. The van der Waals surface area contributed by atoms with Crippen molar-refractivity contribution in [3.63, 3.8) is 0 Å². The second-order valence-corrected chi connectivity index (χ2v) is 5.85. The number of imidazole rings is 1. The predicted molar refractivity (Wildman–Crippen MR) is 85.2 cm³/mol. The van der Waals surface area contributed by atoms with Crippen molar-refractivity contribution in [3.05, 3.63) is 52.5 Å². The highest BCUT2D eigenvalue weighted by atomic mass is 79.9. The molecule has 0 radical (unpaired) electrons. The van der Waals surface area contributed by atoms with Crippen molar-refractivity contribution >= 4 is 15.9 Å². The van der Waals surface area contributed by atoms with Gasteiger partial charge in [0.05, 0.1) is 0 Å². The lowest BCUT2D eigenvalue weighted by atomic mass is 10.0. The summed E-state index contributed by atoms with van der Waals surface area (Å²) in [5, 5.41) is 0. The van der Waals surface area contributed by atoms with E-state index in [1.54, 1.807) is 0 Å². The van der Waals surface area contributed by atoms with Crippen LogP contribution in [0.15, 0.2) is 41.1 Å². The Balaban J connectivity index is 2.01. The third-order valence-corrected chi connectivity index (χ3v) is 3.85. The van der Waals surface area contributed by atoms with Gasteiger partial charge in [-0.15, -0.1) is 0 Å². The second kappa shape index (κ2) is 7.57. The van der Waals surface area contributed by atoms with Gasteiger partial charge in [-0.1, -0.05) is 35.0 Å². The van der Waals surface area contributed by atoms with Gasteiger partial charge in [0.2, 0.25) is 0 Å². The molecule has 1 atom stereocenters. The van der Waals surface area contributed by atoms with E-state index in [0.717, 1.165) is 36.1 Å². The number of nitrogens with zero attached hydrogens (tertiary/aromatic N) is 2. The molecule has 108 valence electrons. The average molecular weight is 337 g/mol. The van der Waals surface area contributed by atoms with Crippen LogP contribution in [0.1, 0.15) is 24.7 Å².